The van der Waals surface area contributed by atoms with Crippen LogP contribution in [0.25, 0.3) is 0 Å². The number of carbonyl (C=O) groups excluding carboxylic acids is 1. The molecule has 0 unspecified atom stereocenters. The lowest BCUT2D eigenvalue weighted by Crippen LogP contribution is -2.31. The SMILES string of the molecule is COc1cccc(OCCNC(=O)C(C)C)c1OC. The van der Waals surface area contributed by atoms with Crippen LogP contribution in [0.4, 0.5) is 0 Å². The maximum Gasteiger partial charge on any atom is 0.222 e. The van der Waals surface area contributed by atoms with Crippen LogP contribution in [0.5, 0.6) is 17.2 Å². The van der Waals surface area contributed by atoms with Gasteiger partial charge < -0.3 is 19.5 Å². The molecule has 106 valence electrons. The molecule has 0 saturated heterocycles. The van der Waals surface area contributed by atoms with Crippen molar-refractivity contribution in [2.75, 3.05) is 27.4 Å². The highest BCUT2D eigenvalue weighted by atomic mass is 16.5. The molecular formula is C14H21NO4. The van der Waals surface area contributed by atoms with Crippen molar-refractivity contribution < 1.29 is 19.0 Å². The first-order chi connectivity index (χ1) is 9.10. The van der Waals surface area contributed by atoms with Crippen molar-refractivity contribution in [2.45, 2.75) is 13.8 Å². The number of hydrogen-bond acceptors (Lipinski definition) is 4. The normalized spacial score (nSPS) is 10.2. The molecule has 0 aliphatic rings. The van der Waals surface area contributed by atoms with Gasteiger partial charge in [-0.1, -0.05) is 19.9 Å². The maximum absolute atomic E-state index is 11.4. The van der Waals surface area contributed by atoms with E-state index in [-0.39, 0.29) is 11.8 Å². The zero-order valence-corrected chi connectivity index (χ0v) is 11.9. The number of amides is 1. The predicted molar refractivity (Wildman–Crippen MR) is 72.9 cm³/mol. The van der Waals surface area contributed by atoms with E-state index in [9.17, 15) is 4.79 Å². The van der Waals surface area contributed by atoms with Gasteiger partial charge in [-0.3, -0.25) is 4.79 Å². The second-order valence-electron chi connectivity index (χ2n) is 4.29. The fraction of sp³-hybridized carbons (Fsp3) is 0.500. The Labute approximate surface area is 113 Å². The fourth-order valence-electron chi connectivity index (χ4n) is 1.51. The Morgan fingerprint density at radius 1 is 1.21 bits per heavy atom. The second kappa shape index (κ2) is 7.51. The monoisotopic (exact) mass is 267 g/mol. The lowest BCUT2D eigenvalue weighted by Gasteiger charge is -2.14. The summed E-state index contributed by atoms with van der Waals surface area (Å²) in [5.41, 5.74) is 0. The van der Waals surface area contributed by atoms with Gasteiger partial charge in [0, 0.05) is 5.92 Å². The van der Waals surface area contributed by atoms with Gasteiger partial charge >= 0.3 is 0 Å². The third-order valence-electron chi connectivity index (χ3n) is 2.55. The second-order valence-corrected chi connectivity index (χ2v) is 4.29. The summed E-state index contributed by atoms with van der Waals surface area (Å²) in [6, 6.07) is 5.42. The van der Waals surface area contributed by atoms with Gasteiger partial charge in [-0.15, -0.1) is 0 Å². The highest BCUT2D eigenvalue weighted by Crippen LogP contribution is 2.36. The van der Waals surface area contributed by atoms with E-state index in [1.165, 1.54) is 0 Å². The first-order valence-corrected chi connectivity index (χ1v) is 6.21. The molecule has 0 spiro atoms. The summed E-state index contributed by atoms with van der Waals surface area (Å²) in [6.07, 6.45) is 0. The first-order valence-electron chi connectivity index (χ1n) is 6.21. The highest BCUT2D eigenvalue weighted by Gasteiger charge is 2.10. The molecule has 0 aromatic heterocycles. The lowest BCUT2D eigenvalue weighted by atomic mass is 10.2. The largest absolute Gasteiger partial charge is 0.493 e. The fourth-order valence-corrected chi connectivity index (χ4v) is 1.51. The number of para-hydroxylation sites is 1. The van der Waals surface area contributed by atoms with E-state index >= 15 is 0 Å². The van der Waals surface area contributed by atoms with Gasteiger partial charge in [0.1, 0.15) is 6.61 Å². The minimum atomic E-state index is -0.0219. The number of hydrogen-bond donors (Lipinski definition) is 1. The Bertz CT molecular complexity index is 418. The van der Waals surface area contributed by atoms with Crippen molar-refractivity contribution in [2.24, 2.45) is 5.92 Å². The van der Waals surface area contributed by atoms with Crippen LogP contribution in [0, 0.1) is 5.92 Å². The molecule has 19 heavy (non-hydrogen) atoms. The molecule has 1 N–H and O–H groups in total. The Hall–Kier alpha value is -1.91. The minimum absolute atomic E-state index is 0.0150. The van der Waals surface area contributed by atoms with E-state index in [4.69, 9.17) is 14.2 Å². The Morgan fingerprint density at radius 2 is 1.89 bits per heavy atom. The third kappa shape index (κ3) is 4.35. The zero-order chi connectivity index (χ0) is 14.3. The third-order valence-corrected chi connectivity index (χ3v) is 2.55. The summed E-state index contributed by atoms with van der Waals surface area (Å²) in [5.74, 6) is 1.76. The Kier molecular flexibility index (Phi) is 5.99. The van der Waals surface area contributed by atoms with Crippen molar-refractivity contribution in [1.29, 1.82) is 0 Å². The van der Waals surface area contributed by atoms with Crippen molar-refractivity contribution in [3.63, 3.8) is 0 Å². The van der Waals surface area contributed by atoms with Crippen LogP contribution < -0.4 is 19.5 Å². The minimum Gasteiger partial charge on any atom is -0.493 e. The maximum atomic E-state index is 11.4. The number of methoxy groups -OCH3 is 2. The molecule has 0 saturated carbocycles. The highest BCUT2D eigenvalue weighted by molar-refractivity contribution is 5.77. The summed E-state index contributed by atoms with van der Waals surface area (Å²) < 4.78 is 16.0. The van der Waals surface area contributed by atoms with Gasteiger partial charge in [0.2, 0.25) is 11.7 Å². The van der Waals surface area contributed by atoms with Gasteiger partial charge in [-0.2, -0.15) is 0 Å². The number of nitrogens with one attached hydrogen (secondary N) is 1. The summed E-state index contributed by atoms with van der Waals surface area (Å²) >= 11 is 0. The molecule has 0 aliphatic heterocycles. The number of benzene rings is 1. The van der Waals surface area contributed by atoms with Crippen LogP contribution >= 0.6 is 0 Å². The molecule has 0 bridgehead atoms. The quantitative estimate of drug-likeness (QED) is 0.766. The van der Waals surface area contributed by atoms with E-state index in [0.717, 1.165) is 0 Å². The summed E-state index contributed by atoms with van der Waals surface area (Å²) in [6.45, 7) is 4.53. The van der Waals surface area contributed by atoms with Crippen LogP contribution in [0.3, 0.4) is 0 Å². The summed E-state index contributed by atoms with van der Waals surface area (Å²) in [5, 5.41) is 2.78. The average Bonchev–Trinajstić information content (AvgIpc) is 2.42. The topological polar surface area (TPSA) is 56.8 Å². The number of ether oxygens (including phenoxy) is 3. The van der Waals surface area contributed by atoms with E-state index < -0.39 is 0 Å². The standard InChI is InChI=1S/C14H21NO4/c1-10(2)14(16)15-8-9-19-12-7-5-6-11(17-3)13(12)18-4/h5-7,10H,8-9H2,1-4H3,(H,15,16). The molecule has 0 heterocycles. The van der Waals surface area contributed by atoms with E-state index in [1.807, 2.05) is 19.9 Å². The molecule has 1 aromatic rings. The molecule has 1 rings (SSSR count). The van der Waals surface area contributed by atoms with Crippen molar-refractivity contribution >= 4 is 5.91 Å². The van der Waals surface area contributed by atoms with Gasteiger partial charge in [0.15, 0.2) is 11.5 Å². The summed E-state index contributed by atoms with van der Waals surface area (Å²) in [7, 11) is 3.13. The van der Waals surface area contributed by atoms with Crippen LogP contribution in [0.15, 0.2) is 18.2 Å². The van der Waals surface area contributed by atoms with Crippen molar-refractivity contribution in [3.05, 3.63) is 18.2 Å². The summed E-state index contributed by atoms with van der Waals surface area (Å²) in [4.78, 5) is 11.4. The molecule has 0 aliphatic carbocycles. The molecule has 0 atom stereocenters. The van der Waals surface area contributed by atoms with Gasteiger partial charge in [0.25, 0.3) is 0 Å². The molecule has 1 amide bonds. The molecule has 5 nitrogen and oxygen atoms in total. The Morgan fingerprint density at radius 3 is 2.47 bits per heavy atom. The zero-order valence-electron chi connectivity index (χ0n) is 11.9. The molecule has 5 heteroatoms. The van der Waals surface area contributed by atoms with Gasteiger partial charge in [-0.25, -0.2) is 0 Å². The molecule has 1 aromatic carbocycles. The Balaban J connectivity index is 2.51. The van der Waals surface area contributed by atoms with Crippen LogP contribution in [-0.2, 0) is 4.79 Å². The van der Waals surface area contributed by atoms with E-state index in [2.05, 4.69) is 5.32 Å². The number of rotatable bonds is 7. The van der Waals surface area contributed by atoms with Crippen LogP contribution in [-0.4, -0.2) is 33.3 Å². The van der Waals surface area contributed by atoms with Crippen molar-refractivity contribution in [1.82, 2.24) is 5.32 Å². The number of carbonyl (C=O) groups is 1. The smallest absolute Gasteiger partial charge is 0.222 e. The van der Waals surface area contributed by atoms with Crippen molar-refractivity contribution in [3.8, 4) is 17.2 Å². The molecular weight excluding hydrogens is 246 g/mol. The van der Waals surface area contributed by atoms with E-state index in [0.29, 0.717) is 30.4 Å². The van der Waals surface area contributed by atoms with E-state index in [1.54, 1.807) is 26.4 Å². The van der Waals surface area contributed by atoms with Crippen LogP contribution in [0.1, 0.15) is 13.8 Å². The lowest BCUT2D eigenvalue weighted by molar-refractivity contribution is -0.124. The molecule has 0 radical (unpaired) electrons. The molecule has 0 fully saturated rings. The predicted octanol–water partition coefficient (Wildman–Crippen LogP) is 1.85. The average molecular weight is 267 g/mol. The van der Waals surface area contributed by atoms with Gasteiger partial charge in [-0.05, 0) is 12.1 Å². The van der Waals surface area contributed by atoms with Gasteiger partial charge in [0.05, 0.1) is 20.8 Å². The van der Waals surface area contributed by atoms with Crippen LogP contribution in [0.2, 0.25) is 0 Å². The first kappa shape index (κ1) is 15.1.